The minimum absolute atomic E-state index is 0.0562. The Balaban J connectivity index is 1.62. The van der Waals surface area contributed by atoms with Crippen molar-refractivity contribution in [2.24, 2.45) is 0 Å². The quantitative estimate of drug-likeness (QED) is 0.685. The second kappa shape index (κ2) is 7.27. The molecule has 0 saturated carbocycles. The van der Waals surface area contributed by atoms with Crippen LogP contribution in [0.1, 0.15) is 23.7 Å². The molecule has 7 nitrogen and oxygen atoms in total. The summed E-state index contributed by atoms with van der Waals surface area (Å²) in [6, 6.07) is 10.3. The average Bonchev–Trinajstić information content (AvgIpc) is 3.23. The van der Waals surface area contributed by atoms with Crippen LogP contribution in [-0.4, -0.2) is 21.5 Å². The van der Waals surface area contributed by atoms with Crippen molar-refractivity contribution in [1.29, 1.82) is 0 Å². The first-order valence-corrected chi connectivity index (χ1v) is 8.43. The number of benzene rings is 1. The number of thiophene rings is 1. The molecule has 0 aliphatic carbocycles. The smallest absolute Gasteiger partial charge is 0.387 e. The first kappa shape index (κ1) is 16.8. The Hall–Kier alpha value is -3.00. The number of aryl methyl sites for hydroxylation is 1. The number of Topliss-reactive ketones (excluding diaryl/α,β-unsaturated/α-hetero) is 1. The van der Waals surface area contributed by atoms with Gasteiger partial charge in [0.1, 0.15) is 0 Å². The van der Waals surface area contributed by atoms with Gasteiger partial charge in [-0.15, -0.1) is 16.4 Å². The molecule has 0 aliphatic heterocycles. The summed E-state index contributed by atoms with van der Waals surface area (Å²) in [5, 5.41) is 8.65. The lowest BCUT2D eigenvalue weighted by Crippen LogP contribution is -2.21. The minimum Gasteiger partial charge on any atom is -0.387 e. The summed E-state index contributed by atoms with van der Waals surface area (Å²) in [6.45, 7) is 1.56. The summed E-state index contributed by atoms with van der Waals surface area (Å²) >= 11 is 1.41. The summed E-state index contributed by atoms with van der Waals surface area (Å²) in [4.78, 5) is 36.0. The molecule has 128 valence electrons. The molecule has 1 aromatic carbocycles. The molecule has 2 aromatic heterocycles. The van der Waals surface area contributed by atoms with Crippen LogP contribution >= 0.6 is 11.3 Å². The molecule has 0 atom stereocenters. The second-order valence-corrected chi connectivity index (χ2v) is 6.26. The third kappa shape index (κ3) is 4.10. The third-order valence-corrected chi connectivity index (χ3v) is 4.30. The monoisotopic (exact) mass is 357 g/mol. The number of amides is 1. The molecule has 3 rings (SSSR count). The third-order valence-electron chi connectivity index (χ3n) is 3.44. The van der Waals surface area contributed by atoms with Crippen LogP contribution in [0.5, 0.6) is 0 Å². The van der Waals surface area contributed by atoms with Crippen molar-refractivity contribution in [3.8, 4) is 10.8 Å². The van der Waals surface area contributed by atoms with Gasteiger partial charge < -0.3 is 9.73 Å². The van der Waals surface area contributed by atoms with Crippen molar-refractivity contribution in [2.45, 2.75) is 19.9 Å². The molecule has 0 spiro atoms. The highest BCUT2D eigenvalue weighted by atomic mass is 32.1. The summed E-state index contributed by atoms with van der Waals surface area (Å²) in [5.41, 5.74) is 1.05. The maximum absolute atomic E-state index is 12.0. The van der Waals surface area contributed by atoms with E-state index in [0.717, 1.165) is 9.56 Å². The number of nitrogens with zero attached hydrogens (tertiary/aromatic N) is 2. The molecule has 2 heterocycles. The molecule has 8 heteroatoms. The molecule has 25 heavy (non-hydrogen) atoms. The van der Waals surface area contributed by atoms with Crippen LogP contribution in [-0.2, 0) is 11.3 Å². The minimum atomic E-state index is -0.602. The Morgan fingerprint density at radius 3 is 2.84 bits per heavy atom. The number of ketones is 1. The number of anilines is 1. The zero-order valence-electron chi connectivity index (χ0n) is 13.4. The maximum atomic E-state index is 12.0. The van der Waals surface area contributed by atoms with E-state index in [1.807, 2.05) is 11.4 Å². The lowest BCUT2D eigenvalue weighted by atomic mass is 10.1. The summed E-state index contributed by atoms with van der Waals surface area (Å²) in [6.07, 6.45) is 0.0562. The molecule has 0 unspecified atom stereocenters. The van der Waals surface area contributed by atoms with Gasteiger partial charge in [0, 0.05) is 17.7 Å². The highest BCUT2D eigenvalue weighted by Crippen LogP contribution is 2.21. The van der Waals surface area contributed by atoms with Crippen LogP contribution in [0.3, 0.4) is 0 Å². The Morgan fingerprint density at radius 2 is 2.12 bits per heavy atom. The van der Waals surface area contributed by atoms with Gasteiger partial charge in [-0.25, -0.2) is 4.79 Å². The molecular weight excluding hydrogens is 342 g/mol. The highest BCUT2D eigenvalue weighted by molar-refractivity contribution is 7.13. The van der Waals surface area contributed by atoms with E-state index >= 15 is 0 Å². The summed E-state index contributed by atoms with van der Waals surface area (Å²) in [7, 11) is 0. The van der Waals surface area contributed by atoms with Gasteiger partial charge in [0.05, 0.1) is 11.4 Å². The van der Waals surface area contributed by atoms with Gasteiger partial charge in [-0.05, 0) is 30.5 Å². The fraction of sp³-hybridized carbons (Fsp3) is 0.176. The fourth-order valence-corrected chi connectivity index (χ4v) is 2.84. The van der Waals surface area contributed by atoms with Crippen molar-refractivity contribution in [3.63, 3.8) is 0 Å². The Bertz CT molecular complexity index is 956. The van der Waals surface area contributed by atoms with Gasteiger partial charge in [-0.3, -0.25) is 9.59 Å². The second-order valence-electron chi connectivity index (χ2n) is 5.31. The van der Waals surface area contributed by atoms with Crippen LogP contribution in [0, 0.1) is 0 Å². The Morgan fingerprint density at radius 1 is 1.28 bits per heavy atom. The molecule has 0 radical (unpaired) electrons. The molecule has 1 N–H and O–H groups in total. The van der Waals surface area contributed by atoms with Crippen molar-refractivity contribution in [1.82, 2.24) is 9.78 Å². The molecule has 0 aliphatic rings. The fourth-order valence-electron chi connectivity index (χ4n) is 2.19. The average molecular weight is 357 g/mol. The number of hydrogen-bond acceptors (Lipinski definition) is 6. The van der Waals surface area contributed by atoms with Crippen LogP contribution in [0.25, 0.3) is 10.8 Å². The molecule has 0 saturated heterocycles. The largest absolute Gasteiger partial charge is 0.437 e. The SMILES string of the molecule is CC(=O)c1cccc(NC(=O)CCn2nc(-c3cccs3)oc2=O)c1. The van der Waals surface area contributed by atoms with Crippen LogP contribution < -0.4 is 11.1 Å². The normalized spacial score (nSPS) is 10.6. The molecule has 0 fully saturated rings. The van der Waals surface area contributed by atoms with Gasteiger partial charge in [-0.1, -0.05) is 18.2 Å². The van der Waals surface area contributed by atoms with E-state index in [0.29, 0.717) is 11.3 Å². The van der Waals surface area contributed by atoms with Gasteiger partial charge in [0.15, 0.2) is 5.78 Å². The van der Waals surface area contributed by atoms with E-state index in [4.69, 9.17) is 4.42 Å². The zero-order chi connectivity index (χ0) is 17.8. The zero-order valence-corrected chi connectivity index (χ0v) is 14.2. The number of rotatable bonds is 6. The number of carbonyl (C=O) groups is 2. The molecular formula is C17H15N3O4S. The van der Waals surface area contributed by atoms with Gasteiger partial charge >= 0.3 is 5.76 Å². The Labute approximate surface area is 146 Å². The van der Waals surface area contributed by atoms with E-state index in [1.165, 1.54) is 18.3 Å². The standard InChI is InChI=1S/C17H15N3O4S/c1-11(21)12-4-2-5-13(10-12)18-15(22)7-8-20-17(23)24-16(19-20)14-6-3-9-25-14/h2-6,9-10H,7-8H2,1H3,(H,18,22). The van der Waals surface area contributed by atoms with Gasteiger partial charge in [-0.2, -0.15) is 4.68 Å². The van der Waals surface area contributed by atoms with Crippen LogP contribution in [0.15, 0.2) is 51.0 Å². The van der Waals surface area contributed by atoms with Crippen molar-refractivity contribution in [2.75, 3.05) is 5.32 Å². The number of aromatic nitrogens is 2. The first-order valence-electron chi connectivity index (χ1n) is 7.55. The van der Waals surface area contributed by atoms with Gasteiger partial charge in [0.25, 0.3) is 5.89 Å². The maximum Gasteiger partial charge on any atom is 0.437 e. The summed E-state index contributed by atoms with van der Waals surface area (Å²) < 4.78 is 6.21. The van der Waals surface area contributed by atoms with E-state index in [9.17, 15) is 14.4 Å². The van der Waals surface area contributed by atoms with E-state index in [1.54, 1.807) is 30.3 Å². The van der Waals surface area contributed by atoms with Crippen LogP contribution in [0.4, 0.5) is 5.69 Å². The van der Waals surface area contributed by atoms with E-state index in [-0.39, 0.29) is 30.5 Å². The number of hydrogen-bond donors (Lipinski definition) is 1. The van der Waals surface area contributed by atoms with Crippen molar-refractivity contribution >= 4 is 28.7 Å². The number of nitrogens with one attached hydrogen (secondary N) is 1. The van der Waals surface area contributed by atoms with Crippen LogP contribution in [0.2, 0.25) is 0 Å². The first-order chi connectivity index (χ1) is 12.0. The van der Waals surface area contributed by atoms with Crippen molar-refractivity contribution < 1.29 is 14.0 Å². The summed E-state index contributed by atoms with van der Waals surface area (Å²) in [5.74, 6) is -0.719. The van der Waals surface area contributed by atoms with E-state index < -0.39 is 5.76 Å². The highest BCUT2D eigenvalue weighted by Gasteiger charge is 2.12. The molecule has 1 amide bonds. The predicted octanol–water partition coefficient (Wildman–Crippen LogP) is 2.80. The number of carbonyl (C=O) groups excluding carboxylic acids is 2. The Kier molecular flexibility index (Phi) is 4.90. The lowest BCUT2D eigenvalue weighted by Gasteiger charge is -2.06. The van der Waals surface area contributed by atoms with Gasteiger partial charge in [0.2, 0.25) is 5.91 Å². The topological polar surface area (TPSA) is 94.2 Å². The van der Waals surface area contributed by atoms with E-state index in [2.05, 4.69) is 10.4 Å². The van der Waals surface area contributed by atoms with Crippen molar-refractivity contribution in [3.05, 3.63) is 57.9 Å². The molecule has 3 aromatic rings. The molecule has 0 bridgehead atoms. The lowest BCUT2D eigenvalue weighted by molar-refractivity contribution is -0.116. The predicted molar refractivity (Wildman–Crippen MR) is 93.8 cm³/mol.